The second-order valence-electron chi connectivity index (χ2n) is 5.38. The van der Waals surface area contributed by atoms with E-state index in [0.29, 0.717) is 18.0 Å². The van der Waals surface area contributed by atoms with Crippen molar-refractivity contribution in [3.8, 4) is 5.88 Å². The fourth-order valence-corrected chi connectivity index (χ4v) is 3.30. The first kappa shape index (κ1) is 12.7. The molecule has 2 atom stereocenters. The zero-order chi connectivity index (χ0) is 13.1. The normalized spacial score (nSPS) is 27.5. The highest BCUT2D eigenvalue weighted by molar-refractivity contribution is 5.43. The van der Waals surface area contributed by atoms with Crippen molar-refractivity contribution in [3.05, 3.63) is 12.4 Å². The van der Waals surface area contributed by atoms with Crippen LogP contribution < -0.4 is 15.0 Å². The number of ether oxygens (including phenoxy) is 1. The van der Waals surface area contributed by atoms with Gasteiger partial charge in [-0.2, -0.15) is 0 Å². The Morgan fingerprint density at radius 1 is 1.26 bits per heavy atom. The van der Waals surface area contributed by atoms with Gasteiger partial charge in [-0.3, -0.25) is 0 Å². The molecule has 2 unspecified atom stereocenters. The van der Waals surface area contributed by atoms with Gasteiger partial charge in [0.15, 0.2) is 0 Å². The molecule has 2 aliphatic rings. The molecule has 0 amide bonds. The molecule has 2 fully saturated rings. The topological polar surface area (TPSA) is 50.3 Å². The first-order valence-electron chi connectivity index (χ1n) is 7.24. The van der Waals surface area contributed by atoms with Crippen LogP contribution in [-0.4, -0.2) is 42.3 Å². The highest BCUT2D eigenvalue weighted by Gasteiger charge is 2.32. The van der Waals surface area contributed by atoms with Crippen LogP contribution in [0.5, 0.6) is 5.88 Å². The number of methoxy groups -OCH3 is 1. The lowest BCUT2D eigenvalue weighted by Crippen LogP contribution is -2.50. The molecule has 2 aliphatic heterocycles. The summed E-state index contributed by atoms with van der Waals surface area (Å²) in [5, 5.41) is 3.64. The van der Waals surface area contributed by atoms with Gasteiger partial charge >= 0.3 is 0 Å². The Hall–Kier alpha value is -1.36. The zero-order valence-corrected chi connectivity index (χ0v) is 11.5. The summed E-state index contributed by atoms with van der Waals surface area (Å²) in [6.07, 6.45) is 7.99. The predicted octanol–water partition coefficient (Wildman–Crippen LogP) is 1.60. The van der Waals surface area contributed by atoms with Crippen molar-refractivity contribution in [2.45, 2.75) is 44.2 Å². The summed E-state index contributed by atoms with van der Waals surface area (Å²) in [7, 11) is 1.65. The van der Waals surface area contributed by atoms with E-state index in [4.69, 9.17) is 4.74 Å². The van der Waals surface area contributed by atoms with Crippen LogP contribution in [0.1, 0.15) is 32.1 Å². The standard InChI is InChI=1S/C14H22N4O/c1-19-14-9-13(16-10-17-14)18-8-3-2-6-12(18)11-5-4-7-15-11/h9-12,15H,2-8H2,1H3. The van der Waals surface area contributed by atoms with Gasteiger partial charge in [-0.15, -0.1) is 0 Å². The van der Waals surface area contributed by atoms with E-state index < -0.39 is 0 Å². The molecule has 1 aromatic heterocycles. The number of piperidine rings is 1. The molecule has 0 bridgehead atoms. The smallest absolute Gasteiger partial charge is 0.218 e. The highest BCUT2D eigenvalue weighted by atomic mass is 16.5. The van der Waals surface area contributed by atoms with Crippen LogP contribution in [-0.2, 0) is 0 Å². The number of rotatable bonds is 3. The van der Waals surface area contributed by atoms with Crippen molar-refractivity contribution in [2.24, 2.45) is 0 Å². The molecule has 3 rings (SSSR count). The molecule has 3 heterocycles. The fraction of sp³-hybridized carbons (Fsp3) is 0.714. The van der Waals surface area contributed by atoms with E-state index in [-0.39, 0.29) is 0 Å². The van der Waals surface area contributed by atoms with Crippen molar-refractivity contribution < 1.29 is 4.74 Å². The first-order chi connectivity index (χ1) is 9.38. The Bertz CT molecular complexity index is 420. The summed E-state index contributed by atoms with van der Waals surface area (Å²) in [4.78, 5) is 11.0. The van der Waals surface area contributed by atoms with Gasteiger partial charge < -0.3 is 15.0 Å². The monoisotopic (exact) mass is 262 g/mol. The third-order valence-electron chi connectivity index (χ3n) is 4.24. The lowest BCUT2D eigenvalue weighted by atomic mass is 9.94. The molecule has 1 N–H and O–H groups in total. The molecule has 2 saturated heterocycles. The van der Waals surface area contributed by atoms with E-state index >= 15 is 0 Å². The quantitative estimate of drug-likeness (QED) is 0.896. The maximum absolute atomic E-state index is 5.21. The Labute approximate surface area is 114 Å². The summed E-state index contributed by atoms with van der Waals surface area (Å²) in [6.45, 7) is 2.24. The van der Waals surface area contributed by atoms with E-state index in [9.17, 15) is 0 Å². The molecule has 5 nitrogen and oxygen atoms in total. The number of aromatic nitrogens is 2. The molecule has 5 heteroatoms. The van der Waals surface area contributed by atoms with Crippen molar-refractivity contribution >= 4 is 5.82 Å². The average Bonchev–Trinajstić information content (AvgIpc) is 3.01. The second kappa shape index (κ2) is 5.74. The number of anilines is 1. The van der Waals surface area contributed by atoms with Gasteiger partial charge in [0, 0.05) is 24.7 Å². The maximum Gasteiger partial charge on any atom is 0.218 e. The Balaban J connectivity index is 1.82. The van der Waals surface area contributed by atoms with Crippen LogP contribution in [0.4, 0.5) is 5.82 Å². The van der Waals surface area contributed by atoms with E-state index in [1.807, 2.05) is 6.07 Å². The zero-order valence-electron chi connectivity index (χ0n) is 11.5. The van der Waals surface area contributed by atoms with Gasteiger partial charge in [0.1, 0.15) is 12.1 Å². The lowest BCUT2D eigenvalue weighted by molar-refractivity contribution is 0.372. The molecule has 1 aromatic rings. The molecule has 0 aromatic carbocycles. The van der Waals surface area contributed by atoms with E-state index in [1.54, 1.807) is 13.4 Å². The first-order valence-corrected chi connectivity index (χ1v) is 7.24. The van der Waals surface area contributed by atoms with E-state index in [0.717, 1.165) is 18.9 Å². The SMILES string of the molecule is COc1cc(N2CCCCC2C2CCCN2)ncn1. The number of hydrogen-bond donors (Lipinski definition) is 1. The Kier molecular flexibility index (Phi) is 3.82. The van der Waals surface area contributed by atoms with Crippen molar-refractivity contribution in [1.29, 1.82) is 0 Å². The summed E-state index contributed by atoms with van der Waals surface area (Å²) in [6, 6.07) is 3.13. The molecular formula is C14H22N4O. The van der Waals surface area contributed by atoms with Crippen molar-refractivity contribution in [3.63, 3.8) is 0 Å². The van der Waals surface area contributed by atoms with Gasteiger partial charge in [-0.25, -0.2) is 9.97 Å². The molecular weight excluding hydrogens is 240 g/mol. The number of nitrogens with zero attached hydrogens (tertiary/aromatic N) is 3. The third kappa shape index (κ3) is 2.66. The molecule has 0 saturated carbocycles. The van der Waals surface area contributed by atoms with E-state index in [1.165, 1.54) is 32.1 Å². The van der Waals surface area contributed by atoms with Gasteiger partial charge in [-0.05, 0) is 38.6 Å². The van der Waals surface area contributed by atoms with Crippen LogP contribution >= 0.6 is 0 Å². The van der Waals surface area contributed by atoms with E-state index in [2.05, 4.69) is 20.2 Å². The minimum Gasteiger partial charge on any atom is -0.481 e. The maximum atomic E-state index is 5.21. The molecule has 104 valence electrons. The predicted molar refractivity (Wildman–Crippen MR) is 74.6 cm³/mol. The Morgan fingerprint density at radius 3 is 3.00 bits per heavy atom. The summed E-state index contributed by atoms with van der Waals surface area (Å²) in [5.41, 5.74) is 0. The van der Waals surface area contributed by atoms with Crippen LogP contribution in [0.3, 0.4) is 0 Å². The minimum atomic E-state index is 0.566. The second-order valence-corrected chi connectivity index (χ2v) is 5.38. The van der Waals surface area contributed by atoms with Crippen LogP contribution in [0.15, 0.2) is 12.4 Å². The fourth-order valence-electron chi connectivity index (χ4n) is 3.30. The van der Waals surface area contributed by atoms with Crippen molar-refractivity contribution in [1.82, 2.24) is 15.3 Å². The summed E-state index contributed by atoms with van der Waals surface area (Å²) >= 11 is 0. The van der Waals surface area contributed by atoms with Crippen LogP contribution in [0.25, 0.3) is 0 Å². The molecule has 0 radical (unpaired) electrons. The Morgan fingerprint density at radius 2 is 2.21 bits per heavy atom. The van der Waals surface area contributed by atoms with Crippen LogP contribution in [0, 0.1) is 0 Å². The molecule has 0 aliphatic carbocycles. The summed E-state index contributed by atoms with van der Waals surface area (Å²) < 4.78 is 5.21. The van der Waals surface area contributed by atoms with Gasteiger partial charge in [-0.1, -0.05) is 0 Å². The van der Waals surface area contributed by atoms with Crippen molar-refractivity contribution in [2.75, 3.05) is 25.1 Å². The number of nitrogens with one attached hydrogen (secondary N) is 1. The molecule has 0 spiro atoms. The van der Waals surface area contributed by atoms with Crippen LogP contribution in [0.2, 0.25) is 0 Å². The van der Waals surface area contributed by atoms with Gasteiger partial charge in [0.25, 0.3) is 0 Å². The lowest BCUT2D eigenvalue weighted by Gasteiger charge is -2.40. The minimum absolute atomic E-state index is 0.566. The van der Waals surface area contributed by atoms with Gasteiger partial charge in [0.05, 0.1) is 7.11 Å². The third-order valence-corrected chi connectivity index (χ3v) is 4.24. The highest BCUT2D eigenvalue weighted by Crippen LogP contribution is 2.28. The average molecular weight is 262 g/mol. The number of hydrogen-bond acceptors (Lipinski definition) is 5. The largest absolute Gasteiger partial charge is 0.481 e. The van der Waals surface area contributed by atoms with Gasteiger partial charge in [0.2, 0.25) is 5.88 Å². The summed E-state index contributed by atoms with van der Waals surface area (Å²) in [5.74, 6) is 1.65. The molecule has 19 heavy (non-hydrogen) atoms.